The number of hydrogen-bond acceptors (Lipinski definition) is 6. The fourth-order valence-electron chi connectivity index (χ4n) is 4.68. The Morgan fingerprint density at radius 3 is 2.57 bits per heavy atom. The number of para-hydroxylation sites is 1. The van der Waals surface area contributed by atoms with E-state index < -0.39 is 0 Å². The summed E-state index contributed by atoms with van der Waals surface area (Å²) in [6, 6.07) is 9.48. The van der Waals surface area contributed by atoms with Crippen molar-refractivity contribution >= 4 is 5.69 Å². The molecule has 7 nitrogen and oxygen atoms in total. The quantitative estimate of drug-likeness (QED) is 0.760. The first kappa shape index (κ1) is 19.3. The Kier molecular flexibility index (Phi) is 6.22. The molecule has 0 aliphatic carbocycles. The lowest BCUT2D eigenvalue weighted by Gasteiger charge is -2.44. The molecule has 0 saturated carbocycles. The summed E-state index contributed by atoms with van der Waals surface area (Å²) in [6.07, 6.45) is 3.76. The molecule has 2 saturated heterocycles. The fourth-order valence-corrected chi connectivity index (χ4v) is 4.68. The van der Waals surface area contributed by atoms with Gasteiger partial charge in [-0.1, -0.05) is 18.2 Å². The molecule has 1 atom stereocenters. The van der Waals surface area contributed by atoms with E-state index in [9.17, 15) is 0 Å². The molecule has 0 amide bonds. The van der Waals surface area contributed by atoms with Gasteiger partial charge in [0.25, 0.3) is 0 Å². The minimum Gasteiger partial charge on any atom is -0.369 e. The molecule has 1 unspecified atom stereocenters. The highest BCUT2D eigenvalue weighted by Gasteiger charge is 2.28. The average molecular weight is 384 g/mol. The molecule has 0 bridgehead atoms. The third-order valence-electron chi connectivity index (χ3n) is 6.32. The van der Waals surface area contributed by atoms with Crippen LogP contribution in [-0.4, -0.2) is 81.9 Å². The molecule has 0 radical (unpaired) electrons. The number of tetrazole rings is 1. The molecule has 2 aliphatic heterocycles. The maximum atomic E-state index is 4.05. The van der Waals surface area contributed by atoms with Gasteiger partial charge in [-0.25, -0.2) is 4.68 Å². The van der Waals surface area contributed by atoms with Crippen molar-refractivity contribution in [2.45, 2.75) is 45.7 Å². The lowest BCUT2D eigenvalue weighted by Crippen LogP contribution is -2.55. The second kappa shape index (κ2) is 9.01. The summed E-state index contributed by atoms with van der Waals surface area (Å²) >= 11 is 0. The van der Waals surface area contributed by atoms with Crippen LogP contribution in [-0.2, 0) is 6.54 Å². The summed E-state index contributed by atoms with van der Waals surface area (Å²) in [5.74, 6) is 0.906. The molecular weight excluding hydrogens is 350 g/mol. The number of anilines is 1. The van der Waals surface area contributed by atoms with E-state index in [1.807, 2.05) is 11.6 Å². The van der Waals surface area contributed by atoms with E-state index >= 15 is 0 Å². The maximum Gasteiger partial charge on any atom is 0.148 e. The Morgan fingerprint density at radius 1 is 1.00 bits per heavy atom. The average Bonchev–Trinajstić information content (AvgIpc) is 3.14. The van der Waals surface area contributed by atoms with Crippen LogP contribution in [0.25, 0.3) is 0 Å². The summed E-state index contributed by atoms with van der Waals surface area (Å²) in [6.45, 7) is 13.3. The van der Waals surface area contributed by atoms with Crippen LogP contribution >= 0.6 is 0 Å². The van der Waals surface area contributed by atoms with Crippen LogP contribution in [0.15, 0.2) is 24.3 Å². The van der Waals surface area contributed by atoms with Gasteiger partial charge in [0.2, 0.25) is 0 Å². The number of piperazine rings is 1. The Bertz CT molecular complexity index is 751. The number of aryl methyl sites for hydroxylation is 3. The molecule has 0 N–H and O–H groups in total. The lowest BCUT2D eigenvalue weighted by atomic mass is 10.0. The number of nitrogens with zero attached hydrogens (tertiary/aromatic N) is 7. The van der Waals surface area contributed by atoms with Gasteiger partial charge >= 0.3 is 0 Å². The molecule has 2 fully saturated rings. The third kappa shape index (κ3) is 4.52. The summed E-state index contributed by atoms with van der Waals surface area (Å²) in [7, 11) is 0. The predicted octanol–water partition coefficient (Wildman–Crippen LogP) is 1.97. The maximum absolute atomic E-state index is 4.05. The molecule has 1 aromatic carbocycles. The van der Waals surface area contributed by atoms with Crippen LogP contribution < -0.4 is 4.90 Å². The number of benzene rings is 1. The molecule has 2 aromatic rings. The van der Waals surface area contributed by atoms with Crippen molar-refractivity contribution in [2.75, 3.05) is 50.7 Å². The number of piperidine rings is 1. The normalized spacial score (nSPS) is 21.9. The van der Waals surface area contributed by atoms with Crippen LogP contribution in [0, 0.1) is 13.8 Å². The Hall–Kier alpha value is -1.99. The van der Waals surface area contributed by atoms with Gasteiger partial charge in [-0.3, -0.25) is 4.90 Å². The zero-order valence-corrected chi connectivity index (χ0v) is 17.3. The topological polar surface area (TPSA) is 53.3 Å². The van der Waals surface area contributed by atoms with Crippen molar-refractivity contribution in [3.8, 4) is 0 Å². The molecule has 2 aliphatic rings. The first-order valence-electron chi connectivity index (χ1n) is 10.7. The zero-order valence-electron chi connectivity index (χ0n) is 17.3. The second-order valence-electron chi connectivity index (χ2n) is 8.21. The monoisotopic (exact) mass is 383 g/mol. The summed E-state index contributed by atoms with van der Waals surface area (Å²) in [5.41, 5.74) is 2.79. The van der Waals surface area contributed by atoms with Gasteiger partial charge in [0, 0.05) is 51.0 Å². The molecule has 3 heterocycles. The van der Waals surface area contributed by atoms with Gasteiger partial charge in [-0.05, 0) is 68.3 Å². The number of likely N-dealkylation sites (tertiary alicyclic amines) is 1. The molecule has 7 heteroatoms. The van der Waals surface area contributed by atoms with E-state index in [0.717, 1.165) is 38.4 Å². The van der Waals surface area contributed by atoms with E-state index in [2.05, 4.69) is 61.4 Å². The van der Waals surface area contributed by atoms with Crippen molar-refractivity contribution < 1.29 is 0 Å². The van der Waals surface area contributed by atoms with E-state index in [0.29, 0.717) is 6.04 Å². The fraction of sp³-hybridized carbons (Fsp3) is 0.667. The zero-order chi connectivity index (χ0) is 19.3. The smallest absolute Gasteiger partial charge is 0.148 e. The highest BCUT2D eigenvalue weighted by molar-refractivity contribution is 5.53. The third-order valence-corrected chi connectivity index (χ3v) is 6.32. The van der Waals surface area contributed by atoms with Gasteiger partial charge in [-0.2, -0.15) is 0 Å². The first-order chi connectivity index (χ1) is 13.7. The highest BCUT2D eigenvalue weighted by atomic mass is 15.5. The van der Waals surface area contributed by atoms with Crippen LogP contribution in [0.4, 0.5) is 5.69 Å². The number of aromatic nitrogens is 4. The van der Waals surface area contributed by atoms with E-state index in [-0.39, 0.29) is 0 Å². The van der Waals surface area contributed by atoms with Crippen LogP contribution in [0.2, 0.25) is 0 Å². The van der Waals surface area contributed by atoms with Gasteiger partial charge in [0.05, 0.1) is 0 Å². The lowest BCUT2D eigenvalue weighted by molar-refractivity contribution is 0.0911. The van der Waals surface area contributed by atoms with Crippen LogP contribution in [0.1, 0.15) is 30.7 Å². The Labute approximate surface area is 168 Å². The first-order valence-corrected chi connectivity index (χ1v) is 10.7. The molecule has 28 heavy (non-hydrogen) atoms. The van der Waals surface area contributed by atoms with Crippen LogP contribution in [0.5, 0.6) is 0 Å². The highest BCUT2D eigenvalue weighted by Crippen LogP contribution is 2.23. The Balaban J connectivity index is 1.24. The number of rotatable bonds is 6. The van der Waals surface area contributed by atoms with E-state index in [1.165, 1.54) is 50.3 Å². The SMILES string of the molecule is Cc1ccccc1N1CCN(C2CCCN(CCCn3nnnc3C)C2)CC1. The number of hydrogen-bond donors (Lipinski definition) is 0. The van der Waals surface area contributed by atoms with Crippen LogP contribution in [0.3, 0.4) is 0 Å². The van der Waals surface area contributed by atoms with Gasteiger partial charge in [0.15, 0.2) is 0 Å². The van der Waals surface area contributed by atoms with E-state index in [4.69, 9.17) is 0 Å². The van der Waals surface area contributed by atoms with Crippen molar-refractivity contribution in [3.63, 3.8) is 0 Å². The minimum absolute atomic E-state index is 0.711. The van der Waals surface area contributed by atoms with Crippen molar-refractivity contribution in [3.05, 3.63) is 35.7 Å². The van der Waals surface area contributed by atoms with Gasteiger partial charge in [-0.15, -0.1) is 5.10 Å². The molecule has 1 aromatic heterocycles. The Morgan fingerprint density at radius 2 is 1.82 bits per heavy atom. The molecular formula is C21H33N7. The molecule has 152 valence electrons. The summed E-state index contributed by atoms with van der Waals surface area (Å²) in [4.78, 5) is 7.93. The van der Waals surface area contributed by atoms with Crippen molar-refractivity contribution in [1.29, 1.82) is 0 Å². The minimum atomic E-state index is 0.711. The predicted molar refractivity (Wildman–Crippen MR) is 112 cm³/mol. The standard InChI is InChI=1S/C21H33N7/c1-18-7-3-4-9-21(18)27-15-13-26(14-16-27)20-8-5-10-25(17-20)11-6-12-28-19(2)22-23-24-28/h3-4,7,9,20H,5-6,8,10-17H2,1-2H3. The summed E-state index contributed by atoms with van der Waals surface area (Å²) in [5, 5.41) is 11.7. The largest absolute Gasteiger partial charge is 0.369 e. The van der Waals surface area contributed by atoms with Gasteiger partial charge < -0.3 is 9.80 Å². The van der Waals surface area contributed by atoms with E-state index in [1.54, 1.807) is 0 Å². The summed E-state index contributed by atoms with van der Waals surface area (Å²) < 4.78 is 1.91. The van der Waals surface area contributed by atoms with Gasteiger partial charge in [0.1, 0.15) is 5.82 Å². The molecule has 4 rings (SSSR count). The molecule has 0 spiro atoms. The second-order valence-corrected chi connectivity index (χ2v) is 8.21. The van der Waals surface area contributed by atoms with Crippen molar-refractivity contribution in [1.82, 2.24) is 30.0 Å². The van der Waals surface area contributed by atoms with Crippen molar-refractivity contribution in [2.24, 2.45) is 0 Å².